The first kappa shape index (κ1) is 26.8. The van der Waals surface area contributed by atoms with Gasteiger partial charge >= 0.3 is 22.5 Å². The molecule has 0 unspecified atom stereocenters. The van der Waals surface area contributed by atoms with Crippen LogP contribution in [0.5, 0.6) is 5.75 Å². The number of hydrogen-bond donors (Lipinski definition) is 0. The zero-order valence-corrected chi connectivity index (χ0v) is 19.6. The Morgan fingerprint density at radius 3 is 2.11 bits per heavy atom. The summed E-state index contributed by atoms with van der Waals surface area (Å²) in [6.07, 6.45) is -8.03. The average molecular weight is 523 g/mol. The lowest BCUT2D eigenvalue weighted by Gasteiger charge is -2.33. The summed E-state index contributed by atoms with van der Waals surface area (Å²) >= 11 is 0. The third-order valence-electron chi connectivity index (χ3n) is 6.15. The molecule has 0 N–H and O–H groups in total. The zero-order valence-electron chi connectivity index (χ0n) is 18.8. The van der Waals surface area contributed by atoms with Crippen LogP contribution in [0.25, 0.3) is 0 Å². The van der Waals surface area contributed by atoms with Crippen LogP contribution in [0, 0.1) is 0 Å². The maximum atomic E-state index is 13.2. The van der Waals surface area contributed by atoms with Crippen molar-refractivity contribution in [3.8, 4) is 5.75 Å². The van der Waals surface area contributed by atoms with Crippen molar-refractivity contribution in [3.05, 3.63) is 59.2 Å². The van der Waals surface area contributed by atoms with E-state index in [0.29, 0.717) is 24.9 Å². The van der Waals surface area contributed by atoms with E-state index in [0.717, 1.165) is 12.8 Å². The summed E-state index contributed by atoms with van der Waals surface area (Å²) in [7, 11) is -3.42. The van der Waals surface area contributed by atoms with Crippen molar-refractivity contribution in [1.82, 2.24) is 4.90 Å². The molecule has 0 saturated carbocycles. The molecule has 192 valence electrons. The fourth-order valence-electron chi connectivity index (χ4n) is 4.24. The Morgan fingerprint density at radius 1 is 0.971 bits per heavy atom. The summed E-state index contributed by atoms with van der Waals surface area (Å²) in [4.78, 5) is 13.4. The smallest absolute Gasteiger partial charge is 0.379 e. The van der Waals surface area contributed by atoms with Gasteiger partial charge in [-0.3, -0.25) is 4.79 Å². The van der Waals surface area contributed by atoms with Crippen molar-refractivity contribution in [2.75, 3.05) is 13.6 Å². The summed E-state index contributed by atoms with van der Waals surface area (Å²) in [5.74, 6) is -0.494. The lowest BCUT2D eigenvalue weighted by molar-refractivity contribution is -0.143. The molecule has 35 heavy (non-hydrogen) atoms. The number of carbonyl (C=O) groups excluding carboxylic acids is 1. The van der Waals surface area contributed by atoms with E-state index in [1.54, 1.807) is 18.0 Å². The maximum absolute atomic E-state index is 13.2. The third-order valence-corrected chi connectivity index (χ3v) is 7.37. The molecular weight excluding hydrogens is 500 g/mol. The van der Waals surface area contributed by atoms with Gasteiger partial charge in [0, 0.05) is 13.6 Å². The quantitative estimate of drug-likeness (QED) is 0.368. The van der Waals surface area contributed by atoms with Gasteiger partial charge in [-0.05, 0) is 55.2 Å². The SMILES string of the molecule is CC[C@@]1(c2cccc(OS(=O)(=O)c3cc(C(F)(F)F)cc(C(F)(F)F)c3)c2)CCCCN(C)C1=O. The molecule has 0 spiro atoms. The number of carbonyl (C=O) groups is 1. The van der Waals surface area contributed by atoms with Crippen LogP contribution in [0.1, 0.15) is 49.3 Å². The van der Waals surface area contributed by atoms with Crippen molar-refractivity contribution in [2.45, 2.75) is 55.3 Å². The molecule has 3 rings (SSSR count). The van der Waals surface area contributed by atoms with E-state index in [1.807, 2.05) is 6.92 Å². The van der Waals surface area contributed by atoms with E-state index in [1.165, 1.54) is 18.2 Å². The number of likely N-dealkylation sites (tertiary alicyclic amines) is 1. The molecule has 1 saturated heterocycles. The van der Waals surface area contributed by atoms with Gasteiger partial charge in [0.1, 0.15) is 10.6 Å². The van der Waals surface area contributed by atoms with E-state index in [9.17, 15) is 39.6 Å². The fraction of sp³-hybridized carbons (Fsp3) is 0.435. The molecule has 1 atom stereocenters. The molecule has 12 heteroatoms. The van der Waals surface area contributed by atoms with Crippen LogP contribution in [0.4, 0.5) is 26.3 Å². The molecule has 0 bridgehead atoms. The lowest BCUT2D eigenvalue weighted by atomic mass is 9.73. The minimum atomic E-state index is -5.22. The Balaban J connectivity index is 2.04. The van der Waals surface area contributed by atoms with Gasteiger partial charge in [0.25, 0.3) is 0 Å². The predicted octanol–water partition coefficient (Wildman–Crippen LogP) is 5.78. The number of nitrogens with zero attached hydrogens (tertiary/aromatic N) is 1. The highest BCUT2D eigenvalue weighted by molar-refractivity contribution is 7.87. The molecule has 1 aliphatic heterocycles. The molecule has 2 aromatic carbocycles. The summed E-state index contributed by atoms with van der Waals surface area (Å²) < 4.78 is 109. The lowest BCUT2D eigenvalue weighted by Crippen LogP contribution is -2.43. The molecule has 0 aliphatic carbocycles. The molecule has 1 heterocycles. The van der Waals surface area contributed by atoms with Crippen LogP contribution >= 0.6 is 0 Å². The second-order valence-corrected chi connectivity index (χ2v) is 9.97. The molecule has 1 fully saturated rings. The second kappa shape index (κ2) is 9.36. The first-order valence-electron chi connectivity index (χ1n) is 10.7. The number of benzene rings is 2. The van der Waals surface area contributed by atoms with Crippen molar-refractivity contribution in [2.24, 2.45) is 0 Å². The summed E-state index contributed by atoms with van der Waals surface area (Å²) in [6.45, 7) is 2.37. The molecule has 0 aromatic heterocycles. The average Bonchev–Trinajstić information content (AvgIpc) is 2.91. The van der Waals surface area contributed by atoms with Gasteiger partial charge in [0.05, 0.1) is 16.5 Å². The normalized spacial score (nSPS) is 20.0. The molecule has 5 nitrogen and oxygen atoms in total. The van der Waals surface area contributed by atoms with Crippen molar-refractivity contribution in [1.29, 1.82) is 0 Å². The van der Waals surface area contributed by atoms with Gasteiger partial charge in [-0.2, -0.15) is 34.8 Å². The Morgan fingerprint density at radius 2 is 1.57 bits per heavy atom. The van der Waals surface area contributed by atoms with Gasteiger partial charge in [0.2, 0.25) is 5.91 Å². The van der Waals surface area contributed by atoms with Crippen LogP contribution < -0.4 is 4.18 Å². The number of rotatable bonds is 5. The third kappa shape index (κ3) is 5.57. The highest BCUT2D eigenvalue weighted by atomic mass is 32.2. The first-order valence-corrected chi connectivity index (χ1v) is 12.1. The van der Waals surface area contributed by atoms with Gasteiger partial charge in [-0.15, -0.1) is 0 Å². The van der Waals surface area contributed by atoms with E-state index >= 15 is 0 Å². The molecule has 0 radical (unpaired) electrons. The standard InChI is InChI=1S/C23H23F6NO4S/c1-3-21(9-4-5-10-30(2)20(21)31)15-7-6-8-18(12-15)34-35(32,33)19-13-16(22(24,25)26)11-17(14-19)23(27,28)29/h6-8,11-14H,3-5,9-10H2,1-2H3/t21-/m0/s1. The highest BCUT2D eigenvalue weighted by Crippen LogP contribution is 2.40. The van der Waals surface area contributed by atoms with Crippen molar-refractivity contribution >= 4 is 16.0 Å². The Bertz CT molecular complexity index is 1180. The van der Waals surface area contributed by atoms with Gasteiger partial charge < -0.3 is 9.08 Å². The number of alkyl halides is 6. The summed E-state index contributed by atoms with van der Waals surface area (Å²) in [5, 5.41) is 0. The number of likely N-dealkylation sites (N-methyl/N-ethyl adjacent to an activating group) is 1. The zero-order chi connectivity index (χ0) is 26.2. The van der Waals surface area contributed by atoms with Crippen LogP contribution in [-0.2, 0) is 32.7 Å². The van der Waals surface area contributed by atoms with E-state index < -0.39 is 43.9 Å². The van der Waals surface area contributed by atoms with E-state index in [4.69, 9.17) is 4.18 Å². The fourth-order valence-corrected chi connectivity index (χ4v) is 5.24. The van der Waals surface area contributed by atoms with Crippen molar-refractivity contribution < 1.29 is 43.7 Å². The van der Waals surface area contributed by atoms with Crippen LogP contribution in [0.3, 0.4) is 0 Å². The number of halogens is 6. The Hall–Kier alpha value is -2.76. The van der Waals surface area contributed by atoms with E-state index in [-0.39, 0.29) is 29.9 Å². The number of hydrogen-bond acceptors (Lipinski definition) is 4. The van der Waals surface area contributed by atoms with Crippen LogP contribution in [0.15, 0.2) is 47.4 Å². The van der Waals surface area contributed by atoms with Gasteiger partial charge in [-0.1, -0.05) is 25.5 Å². The molecule has 2 aromatic rings. The molecular formula is C23H23F6NO4S. The molecule has 1 aliphatic rings. The van der Waals surface area contributed by atoms with Gasteiger partial charge in [0.15, 0.2) is 0 Å². The maximum Gasteiger partial charge on any atom is 0.416 e. The first-order chi connectivity index (χ1) is 16.1. The summed E-state index contributed by atoms with van der Waals surface area (Å²) in [6, 6.07) is 5.54. The van der Waals surface area contributed by atoms with E-state index in [2.05, 4.69) is 0 Å². The summed E-state index contributed by atoms with van der Waals surface area (Å²) in [5.41, 5.74) is -4.07. The highest BCUT2D eigenvalue weighted by Gasteiger charge is 2.42. The Labute approximate surface area is 198 Å². The monoisotopic (exact) mass is 523 g/mol. The predicted molar refractivity (Wildman–Crippen MR) is 114 cm³/mol. The van der Waals surface area contributed by atoms with Crippen LogP contribution in [0.2, 0.25) is 0 Å². The van der Waals surface area contributed by atoms with Gasteiger partial charge in [-0.25, -0.2) is 0 Å². The van der Waals surface area contributed by atoms with Crippen LogP contribution in [-0.4, -0.2) is 32.8 Å². The topological polar surface area (TPSA) is 63.7 Å². The molecule has 1 amide bonds. The largest absolute Gasteiger partial charge is 0.416 e. The van der Waals surface area contributed by atoms with Crippen molar-refractivity contribution in [3.63, 3.8) is 0 Å². The number of amides is 1. The second-order valence-electron chi connectivity index (χ2n) is 8.43. The minimum Gasteiger partial charge on any atom is -0.379 e. The minimum absolute atomic E-state index is 0.0890. The Kier molecular flexibility index (Phi) is 7.18.